The molecular formula is C11H27ClN4. The summed E-state index contributed by atoms with van der Waals surface area (Å²) in [5.74, 6) is 6.21. The van der Waals surface area contributed by atoms with Crippen molar-refractivity contribution in [2.24, 2.45) is 16.7 Å². The third-order valence-electron chi connectivity index (χ3n) is 1.74. The molecule has 0 unspecified atom stereocenters. The van der Waals surface area contributed by atoms with E-state index in [0.29, 0.717) is 0 Å². The zero-order valence-electron chi connectivity index (χ0n) is 11.4. The first-order valence-electron chi connectivity index (χ1n) is 5.45. The zero-order valence-corrected chi connectivity index (χ0v) is 12.1. The van der Waals surface area contributed by atoms with E-state index in [0.717, 1.165) is 19.0 Å². The Bertz CT molecular complexity index is 213. The van der Waals surface area contributed by atoms with Crippen LogP contribution in [-0.2, 0) is 0 Å². The highest BCUT2D eigenvalue weighted by atomic mass is 35.5. The Morgan fingerprint density at radius 3 is 1.88 bits per heavy atom. The second-order valence-electron chi connectivity index (χ2n) is 6.35. The molecule has 0 aliphatic heterocycles. The summed E-state index contributed by atoms with van der Waals surface area (Å²) >= 11 is 0. The van der Waals surface area contributed by atoms with Crippen LogP contribution in [0.4, 0.5) is 0 Å². The average Bonchev–Trinajstić information content (AvgIpc) is 2.00. The summed E-state index contributed by atoms with van der Waals surface area (Å²) in [6.45, 7) is 14.8. The molecule has 0 aromatic carbocycles. The van der Waals surface area contributed by atoms with Gasteiger partial charge in [0.05, 0.1) is 13.1 Å². The lowest BCUT2D eigenvalue weighted by Gasteiger charge is -2.17. The van der Waals surface area contributed by atoms with Gasteiger partial charge in [-0.05, 0) is 10.8 Å². The van der Waals surface area contributed by atoms with E-state index in [2.05, 4.69) is 57.3 Å². The van der Waals surface area contributed by atoms with E-state index in [1.807, 2.05) is 0 Å². The first-order chi connectivity index (χ1) is 6.64. The van der Waals surface area contributed by atoms with E-state index in [-0.39, 0.29) is 23.2 Å². The van der Waals surface area contributed by atoms with Gasteiger partial charge in [-0.25, -0.2) is 5.43 Å². The smallest absolute Gasteiger partial charge is 0.360 e. The summed E-state index contributed by atoms with van der Waals surface area (Å²) in [4.78, 5) is 3.25. The molecule has 0 rings (SSSR count). The van der Waals surface area contributed by atoms with E-state index in [1.54, 1.807) is 0 Å². The second kappa shape index (κ2) is 6.97. The van der Waals surface area contributed by atoms with Crippen LogP contribution in [0.25, 0.3) is 0 Å². The predicted octanol–water partition coefficient (Wildman–Crippen LogP) is -3.43. The summed E-state index contributed by atoms with van der Waals surface area (Å²) in [5, 5.41) is 3.25. The van der Waals surface area contributed by atoms with Crippen molar-refractivity contribution in [3.05, 3.63) is 0 Å². The Hall–Kier alpha value is -0.480. The van der Waals surface area contributed by atoms with Crippen LogP contribution in [0.1, 0.15) is 41.5 Å². The Kier molecular flexibility index (Phi) is 7.79. The molecule has 16 heavy (non-hydrogen) atoms. The van der Waals surface area contributed by atoms with Gasteiger partial charge in [-0.1, -0.05) is 41.5 Å². The molecule has 0 aliphatic carbocycles. The van der Waals surface area contributed by atoms with Gasteiger partial charge in [0.1, 0.15) is 0 Å². The SMILES string of the molecule is CC(C)(C)CNC(NN)=[NH+]CC(C)(C)C.[Cl-]. The van der Waals surface area contributed by atoms with Crippen LogP contribution in [0.2, 0.25) is 0 Å². The van der Waals surface area contributed by atoms with Crippen LogP contribution in [0.15, 0.2) is 0 Å². The Morgan fingerprint density at radius 2 is 1.56 bits per heavy atom. The lowest BCUT2D eigenvalue weighted by atomic mass is 9.97. The molecule has 0 aromatic rings. The summed E-state index contributed by atoms with van der Waals surface area (Å²) in [7, 11) is 0. The van der Waals surface area contributed by atoms with Crippen LogP contribution >= 0.6 is 0 Å². The van der Waals surface area contributed by atoms with Gasteiger partial charge in [-0.2, -0.15) is 5.84 Å². The minimum absolute atomic E-state index is 0. The van der Waals surface area contributed by atoms with Crippen LogP contribution in [0.5, 0.6) is 0 Å². The molecule has 0 amide bonds. The predicted molar refractivity (Wildman–Crippen MR) is 65.1 cm³/mol. The lowest BCUT2D eigenvalue weighted by molar-refractivity contribution is -0.478. The molecular weight excluding hydrogens is 224 g/mol. The molecule has 0 saturated carbocycles. The normalized spacial score (nSPS) is 13.1. The van der Waals surface area contributed by atoms with Gasteiger partial charge in [0.2, 0.25) is 0 Å². The summed E-state index contributed by atoms with van der Waals surface area (Å²) < 4.78 is 0. The fourth-order valence-electron chi connectivity index (χ4n) is 0.872. The number of nitrogens with two attached hydrogens (primary N) is 1. The molecule has 5 N–H and O–H groups in total. The number of hydrogen-bond donors (Lipinski definition) is 4. The van der Waals surface area contributed by atoms with Gasteiger partial charge in [0.15, 0.2) is 0 Å². The number of nitrogens with one attached hydrogen (secondary N) is 3. The maximum absolute atomic E-state index is 5.42. The van der Waals surface area contributed by atoms with Crippen molar-refractivity contribution in [2.75, 3.05) is 13.1 Å². The molecule has 0 radical (unpaired) electrons. The molecule has 0 bridgehead atoms. The minimum atomic E-state index is 0. The van der Waals surface area contributed by atoms with Crippen molar-refractivity contribution in [1.29, 1.82) is 0 Å². The van der Waals surface area contributed by atoms with Crippen molar-refractivity contribution < 1.29 is 17.4 Å². The topological polar surface area (TPSA) is 64.0 Å². The molecule has 0 aromatic heterocycles. The number of rotatable bonds is 2. The molecule has 0 heterocycles. The molecule has 0 fully saturated rings. The maximum Gasteiger partial charge on any atom is 0.360 e. The van der Waals surface area contributed by atoms with E-state index >= 15 is 0 Å². The van der Waals surface area contributed by atoms with Gasteiger partial charge < -0.3 is 12.4 Å². The Morgan fingerprint density at radius 1 is 1.06 bits per heavy atom. The van der Waals surface area contributed by atoms with Gasteiger partial charge in [-0.3, -0.25) is 10.3 Å². The highest BCUT2D eigenvalue weighted by Crippen LogP contribution is 2.09. The van der Waals surface area contributed by atoms with E-state index in [4.69, 9.17) is 5.84 Å². The third kappa shape index (κ3) is 11.6. The summed E-state index contributed by atoms with van der Waals surface area (Å²) in [6, 6.07) is 0. The summed E-state index contributed by atoms with van der Waals surface area (Å²) in [6.07, 6.45) is 0. The number of hydrogen-bond acceptors (Lipinski definition) is 1. The van der Waals surface area contributed by atoms with E-state index < -0.39 is 0 Å². The van der Waals surface area contributed by atoms with Crippen LogP contribution < -0.4 is 34.0 Å². The molecule has 0 saturated heterocycles. The number of hydrazine groups is 1. The molecule has 0 spiro atoms. The summed E-state index contributed by atoms with van der Waals surface area (Å²) in [5.41, 5.74) is 3.12. The van der Waals surface area contributed by atoms with Gasteiger partial charge in [0.25, 0.3) is 0 Å². The van der Waals surface area contributed by atoms with Crippen molar-refractivity contribution in [1.82, 2.24) is 10.7 Å². The van der Waals surface area contributed by atoms with Crippen LogP contribution in [0, 0.1) is 10.8 Å². The highest BCUT2D eigenvalue weighted by Gasteiger charge is 2.15. The number of guanidine groups is 1. The Labute approximate surface area is 106 Å². The van der Waals surface area contributed by atoms with Gasteiger partial charge in [-0.15, -0.1) is 0 Å². The highest BCUT2D eigenvalue weighted by molar-refractivity contribution is 5.73. The van der Waals surface area contributed by atoms with E-state index in [9.17, 15) is 0 Å². The average molecular weight is 251 g/mol. The fourth-order valence-corrected chi connectivity index (χ4v) is 0.872. The molecule has 4 nitrogen and oxygen atoms in total. The van der Waals surface area contributed by atoms with Crippen molar-refractivity contribution in [2.45, 2.75) is 41.5 Å². The molecule has 98 valence electrons. The minimum Gasteiger partial charge on any atom is -1.00 e. The van der Waals surface area contributed by atoms with Gasteiger partial charge in [0, 0.05) is 0 Å². The molecule has 0 aliphatic rings. The standard InChI is InChI=1S/C11H26N4.ClH/c1-10(2,3)7-13-9(15-12)14-8-11(4,5)6;/h7-8,12H2,1-6H3,(H2,13,14,15);1H. The number of halogens is 1. The van der Waals surface area contributed by atoms with Gasteiger partial charge >= 0.3 is 5.96 Å². The van der Waals surface area contributed by atoms with Crippen molar-refractivity contribution >= 4 is 5.96 Å². The first kappa shape index (κ1) is 17.9. The fraction of sp³-hybridized carbons (Fsp3) is 0.909. The largest absolute Gasteiger partial charge is 1.00 e. The molecule has 5 heteroatoms. The third-order valence-corrected chi connectivity index (χ3v) is 1.74. The quantitative estimate of drug-likeness (QED) is 0.179. The maximum atomic E-state index is 5.42. The monoisotopic (exact) mass is 250 g/mol. The van der Waals surface area contributed by atoms with Crippen molar-refractivity contribution in [3.8, 4) is 0 Å². The van der Waals surface area contributed by atoms with Crippen LogP contribution in [-0.4, -0.2) is 19.0 Å². The Balaban J connectivity index is 0. The first-order valence-corrected chi connectivity index (χ1v) is 5.45. The van der Waals surface area contributed by atoms with E-state index in [1.165, 1.54) is 0 Å². The van der Waals surface area contributed by atoms with Crippen molar-refractivity contribution in [3.63, 3.8) is 0 Å². The molecule has 0 atom stereocenters. The lowest BCUT2D eigenvalue weighted by Crippen LogP contribution is -3.00. The second-order valence-corrected chi connectivity index (χ2v) is 6.35. The zero-order chi connectivity index (χ0) is 12.1. The van der Waals surface area contributed by atoms with Crippen LogP contribution in [0.3, 0.4) is 0 Å².